The van der Waals surface area contributed by atoms with E-state index in [9.17, 15) is 9.90 Å². The quantitative estimate of drug-likeness (QED) is 0.780. The van der Waals surface area contributed by atoms with E-state index < -0.39 is 0 Å². The van der Waals surface area contributed by atoms with Crippen LogP contribution in [0.1, 0.15) is 11.1 Å². The molecule has 0 aromatic heterocycles. The molecule has 0 aliphatic heterocycles. The fourth-order valence-corrected chi connectivity index (χ4v) is 1.41. The predicted octanol–water partition coefficient (Wildman–Crippen LogP) is 1.93. The fraction of sp³-hybridized carbons (Fsp3) is 0.300. The molecule has 14 heavy (non-hydrogen) atoms. The molecule has 0 aliphatic rings. The molecular weight excluding hydrogens is 204 g/mol. The van der Waals surface area contributed by atoms with Gasteiger partial charge in [0.15, 0.2) is 0 Å². The van der Waals surface area contributed by atoms with Crippen LogP contribution in [0.5, 0.6) is 5.75 Å². The molecule has 0 unspecified atom stereocenters. The Morgan fingerprint density at radius 3 is 2.79 bits per heavy atom. The van der Waals surface area contributed by atoms with E-state index in [0.717, 1.165) is 6.29 Å². The number of hydrogen-bond acceptors (Lipinski definition) is 3. The number of aromatic hydroxyl groups is 1. The van der Waals surface area contributed by atoms with Crippen molar-refractivity contribution in [1.82, 2.24) is 0 Å². The van der Waals surface area contributed by atoms with Gasteiger partial charge in [-0.3, -0.25) is 0 Å². The second-order valence-electron chi connectivity index (χ2n) is 2.88. The maximum absolute atomic E-state index is 10.3. The maximum Gasteiger partial charge on any atom is 0.124 e. The van der Waals surface area contributed by atoms with Gasteiger partial charge in [0.05, 0.1) is 6.61 Å². The third-order valence-corrected chi connectivity index (χ3v) is 2.20. The third-order valence-electron chi connectivity index (χ3n) is 1.85. The highest BCUT2D eigenvalue weighted by Gasteiger charge is 2.07. The first-order valence-electron chi connectivity index (χ1n) is 4.12. The minimum Gasteiger partial charge on any atom is -0.508 e. The van der Waals surface area contributed by atoms with Crippen LogP contribution in [0.2, 0.25) is 5.02 Å². The molecule has 0 atom stereocenters. The molecule has 3 nitrogen and oxygen atoms in total. The Bertz CT molecular complexity index is 336. The Morgan fingerprint density at radius 1 is 1.50 bits per heavy atom. The molecule has 0 fully saturated rings. The van der Waals surface area contributed by atoms with Crippen molar-refractivity contribution in [2.24, 2.45) is 0 Å². The average molecular weight is 215 g/mol. The number of carbonyl (C=O) groups is 1. The van der Waals surface area contributed by atoms with Crippen molar-refractivity contribution >= 4 is 17.9 Å². The fourth-order valence-electron chi connectivity index (χ4n) is 1.17. The van der Waals surface area contributed by atoms with Gasteiger partial charge in [-0.2, -0.15) is 0 Å². The Kier molecular flexibility index (Phi) is 3.92. The first-order valence-corrected chi connectivity index (χ1v) is 4.49. The summed E-state index contributed by atoms with van der Waals surface area (Å²) in [5.74, 6) is 0.0774. The number of aldehydes is 1. The number of phenols is 1. The maximum atomic E-state index is 10.3. The Labute approximate surface area is 87.3 Å². The number of carbonyl (C=O) groups excluding carboxylic acids is 1. The summed E-state index contributed by atoms with van der Waals surface area (Å²) in [6, 6.07) is 3.10. The molecule has 76 valence electrons. The van der Waals surface area contributed by atoms with Gasteiger partial charge in [-0.05, 0) is 17.7 Å². The lowest BCUT2D eigenvalue weighted by Crippen LogP contribution is -1.93. The van der Waals surface area contributed by atoms with Gasteiger partial charge in [0.25, 0.3) is 0 Å². The van der Waals surface area contributed by atoms with Crippen molar-refractivity contribution in [2.75, 3.05) is 7.11 Å². The molecule has 4 heteroatoms. The highest BCUT2D eigenvalue weighted by molar-refractivity contribution is 6.31. The van der Waals surface area contributed by atoms with Crippen molar-refractivity contribution in [3.63, 3.8) is 0 Å². The molecule has 0 heterocycles. The summed E-state index contributed by atoms with van der Waals surface area (Å²) in [6.07, 6.45) is 0.889. The Morgan fingerprint density at radius 2 is 2.21 bits per heavy atom. The van der Waals surface area contributed by atoms with Crippen molar-refractivity contribution in [2.45, 2.75) is 13.0 Å². The van der Waals surface area contributed by atoms with Crippen LogP contribution in [0.4, 0.5) is 0 Å². The van der Waals surface area contributed by atoms with Crippen LogP contribution < -0.4 is 0 Å². The molecule has 0 aliphatic carbocycles. The van der Waals surface area contributed by atoms with E-state index in [1.165, 1.54) is 6.07 Å². The van der Waals surface area contributed by atoms with Gasteiger partial charge >= 0.3 is 0 Å². The van der Waals surface area contributed by atoms with Crippen molar-refractivity contribution in [1.29, 1.82) is 0 Å². The molecule has 1 N–H and O–H groups in total. The highest BCUT2D eigenvalue weighted by Crippen LogP contribution is 2.26. The number of phenolic OH excluding ortho intramolecular Hbond substituents is 1. The number of methoxy groups -OCH3 is 1. The zero-order chi connectivity index (χ0) is 10.6. The van der Waals surface area contributed by atoms with E-state index in [1.54, 1.807) is 13.2 Å². The van der Waals surface area contributed by atoms with Gasteiger partial charge in [-0.1, -0.05) is 11.6 Å². The van der Waals surface area contributed by atoms with Crippen LogP contribution >= 0.6 is 11.6 Å². The zero-order valence-corrected chi connectivity index (χ0v) is 8.54. The molecule has 1 aromatic rings. The number of rotatable bonds is 4. The minimum absolute atomic E-state index is 0.0774. The molecule has 0 amide bonds. The second-order valence-corrected chi connectivity index (χ2v) is 3.28. The lowest BCUT2D eigenvalue weighted by molar-refractivity contribution is -0.107. The van der Waals surface area contributed by atoms with E-state index in [2.05, 4.69) is 0 Å². The standard InChI is InChI=1S/C10H11ClO3/c1-14-6-8-5-10(13)7(2-3-12)4-9(8)11/h3-5,13H,2,6H2,1H3. The molecule has 0 bridgehead atoms. The first-order chi connectivity index (χ1) is 6.69. The summed E-state index contributed by atoms with van der Waals surface area (Å²) >= 11 is 5.91. The van der Waals surface area contributed by atoms with Crippen LogP contribution in [0.25, 0.3) is 0 Å². The smallest absolute Gasteiger partial charge is 0.124 e. The highest BCUT2D eigenvalue weighted by atomic mass is 35.5. The van der Waals surface area contributed by atoms with Crippen molar-refractivity contribution in [3.05, 3.63) is 28.3 Å². The topological polar surface area (TPSA) is 46.5 Å². The molecule has 0 saturated carbocycles. The third kappa shape index (κ3) is 2.47. The number of benzene rings is 1. The molecular formula is C10H11ClO3. The summed E-state index contributed by atoms with van der Waals surface area (Å²) in [5, 5.41) is 10.0. The molecule has 0 saturated heterocycles. The van der Waals surface area contributed by atoms with E-state index in [0.29, 0.717) is 22.8 Å². The largest absolute Gasteiger partial charge is 0.508 e. The zero-order valence-electron chi connectivity index (χ0n) is 7.79. The minimum atomic E-state index is 0.0774. The van der Waals surface area contributed by atoms with Gasteiger partial charge in [-0.15, -0.1) is 0 Å². The summed E-state index contributed by atoms with van der Waals surface area (Å²) in [5.41, 5.74) is 1.24. The van der Waals surface area contributed by atoms with Gasteiger partial charge < -0.3 is 14.6 Å². The summed E-state index contributed by atoms with van der Waals surface area (Å²) in [6.45, 7) is 0.341. The lowest BCUT2D eigenvalue weighted by atomic mass is 10.1. The van der Waals surface area contributed by atoms with Crippen LogP contribution in [0.15, 0.2) is 12.1 Å². The summed E-state index contributed by atoms with van der Waals surface area (Å²) in [4.78, 5) is 10.3. The van der Waals surface area contributed by atoms with Gasteiger partial charge in [-0.25, -0.2) is 0 Å². The number of hydrogen-bond donors (Lipinski definition) is 1. The summed E-state index contributed by atoms with van der Waals surface area (Å²) < 4.78 is 4.90. The Balaban J connectivity index is 3.03. The molecule has 1 rings (SSSR count). The van der Waals surface area contributed by atoms with Crippen molar-refractivity contribution < 1.29 is 14.6 Å². The molecule has 0 radical (unpaired) electrons. The van der Waals surface area contributed by atoms with Gasteiger partial charge in [0.1, 0.15) is 12.0 Å². The van der Waals surface area contributed by atoms with E-state index in [4.69, 9.17) is 16.3 Å². The SMILES string of the molecule is COCc1cc(O)c(CC=O)cc1Cl. The second kappa shape index (κ2) is 4.98. The predicted molar refractivity (Wildman–Crippen MR) is 53.6 cm³/mol. The first kappa shape index (κ1) is 11.0. The van der Waals surface area contributed by atoms with Crippen LogP contribution in [-0.4, -0.2) is 18.5 Å². The van der Waals surface area contributed by atoms with Gasteiger partial charge in [0.2, 0.25) is 0 Å². The van der Waals surface area contributed by atoms with Crippen LogP contribution in [0.3, 0.4) is 0 Å². The normalized spacial score (nSPS) is 10.1. The molecule has 0 spiro atoms. The average Bonchev–Trinajstić information content (AvgIpc) is 2.14. The van der Waals surface area contributed by atoms with Gasteiger partial charge in [0, 0.05) is 24.1 Å². The lowest BCUT2D eigenvalue weighted by Gasteiger charge is -2.07. The van der Waals surface area contributed by atoms with E-state index in [-0.39, 0.29) is 12.2 Å². The Hall–Kier alpha value is -1.06. The number of halogens is 1. The van der Waals surface area contributed by atoms with E-state index in [1.807, 2.05) is 0 Å². The monoisotopic (exact) mass is 214 g/mol. The van der Waals surface area contributed by atoms with Crippen molar-refractivity contribution in [3.8, 4) is 5.75 Å². The van der Waals surface area contributed by atoms with Crippen LogP contribution in [0, 0.1) is 0 Å². The molecule has 1 aromatic carbocycles. The summed E-state index contributed by atoms with van der Waals surface area (Å²) in [7, 11) is 1.55. The van der Waals surface area contributed by atoms with Crippen LogP contribution in [-0.2, 0) is 22.6 Å². The number of ether oxygens (including phenoxy) is 1. The van der Waals surface area contributed by atoms with E-state index >= 15 is 0 Å².